The molecule has 1 fully saturated rings. The number of hydrogen-bond donors (Lipinski definition) is 2. The first-order valence-electron chi connectivity index (χ1n) is 5.67. The van der Waals surface area contributed by atoms with Gasteiger partial charge in [0.2, 0.25) is 0 Å². The van der Waals surface area contributed by atoms with E-state index in [0.717, 1.165) is 18.8 Å². The molecule has 0 aliphatic heterocycles. The van der Waals surface area contributed by atoms with Crippen molar-refractivity contribution >= 4 is 5.97 Å². The molecule has 0 aromatic rings. The van der Waals surface area contributed by atoms with Crippen LogP contribution in [0.2, 0.25) is 0 Å². The van der Waals surface area contributed by atoms with Gasteiger partial charge in [-0.15, -0.1) is 0 Å². The van der Waals surface area contributed by atoms with Crippen molar-refractivity contribution in [3.63, 3.8) is 0 Å². The molecule has 0 heterocycles. The Morgan fingerprint density at radius 2 is 2.00 bits per heavy atom. The number of hydrogen-bond acceptors (Lipinski definition) is 2. The Labute approximate surface area is 85.7 Å². The third-order valence-electron chi connectivity index (χ3n) is 3.28. The second-order valence-corrected chi connectivity index (χ2v) is 4.35. The standard InChI is InChI=1S/C11H21NO2/c12-8-10(11(13)14)7-6-9-4-2-1-3-5-9/h9-10H,1-8,12H2,(H,13,14). The zero-order chi connectivity index (χ0) is 10.4. The number of carbonyl (C=O) groups is 1. The quantitative estimate of drug-likeness (QED) is 0.712. The fourth-order valence-electron chi connectivity index (χ4n) is 2.25. The molecule has 0 aromatic heterocycles. The van der Waals surface area contributed by atoms with E-state index in [1.807, 2.05) is 0 Å². The fraction of sp³-hybridized carbons (Fsp3) is 0.909. The third-order valence-corrected chi connectivity index (χ3v) is 3.28. The topological polar surface area (TPSA) is 63.3 Å². The highest BCUT2D eigenvalue weighted by Crippen LogP contribution is 2.28. The average Bonchev–Trinajstić information content (AvgIpc) is 2.20. The summed E-state index contributed by atoms with van der Waals surface area (Å²) in [7, 11) is 0. The highest BCUT2D eigenvalue weighted by Gasteiger charge is 2.19. The molecule has 0 amide bonds. The summed E-state index contributed by atoms with van der Waals surface area (Å²) in [5, 5.41) is 8.82. The van der Waals surface area contributed by atoms with Gasteiger partial charge in [0.05, 0.1) is 5.92 Å². The Hall–Kier alpha value is -0.570. The van der Waals surface area contributed by atoms with Crippen molar-refractivity contribution in [3.05, 3.63) is 0 Å². The van der Waals surface area contributed by atoms with Crippen LogP contribution in [0.3, 0.4) is 0 Å². The van der Waals surface area contributed by atoms with Gasteiger partial charge in [-0.05, 0) is 18.8 Å². The van der Waals surface area contributed by atoms with Gasteiger partial charge >= 0.3 is 5.97 Å². The fourth-order valence-corrected chi connectivity index (χ4v) is 2.25. The first kappa shape index (κ1) is 11.5. The summed E-state index contributed by atoms with van der Waals surface area (Å²) in [6, 6.07) is 0. The van der Waals surface area contributed by atoms with E-state index in [0.29, 0.717) is 0 Å². The van der Waals surface area contributed by atoms with E-state index in [2.05, 4.69) is 0 Å². The average molecular weight is 199 g/mol. The van der Waals surface area contributed by atoms with Crippen molar-refractivity contribution in [2.45, 2.75) is 44.9 Å². The molecule has 3 nitrogen and oxygen atoms in total. The van der Waals surface area contributed by atoms with E-state index in [4.69, 9.17) is 10.8 Å². The van der Waals surface area contributed by atoms with Gasteiger partial charge in [0.25, 0.3) is 0 Å². The molecule has 3 N–H and O–H groups in total. The second kappa shape index (κ2) is 6.02. The maximum atomic E-state index is 10.7. The van der Waals surface area contributed by atoms with Crippen LogP contribution in [-0.4, -0.2) is 17.6 Å². The molecular formula is C11H21NO2. The molecular weight excluding hydrogens is 178 g/mol. The van der Waals surface area contributed by atoms with Gasteiger partial charge in [-0.25, -0.2) is 0 Å². The van der Waals surface area contributed by atoms with E-state index in [-0.39, 0.29) is 12.5 Å². The van der Waals surface area contributed by atoms with Gasteiger partial charge in [-0.2, -0.15) is 0 Å². The minimum absolute atomic E-state index is 0.280. The zero-order valence-corrected chi connectivity index (χ0v) is 8.74. The Kier molecular flexibility index (Phi) is 4.94. The second-order valence-electron chi connectivity index (χ2n) is 4.35. The largest absolute Gasteiger partial charge is 0.481 e. The smallest absolute Gasteiger partial charge is 0.307 e. The van der Waals surface area contributed by atoms with Gasteiger partial charge in [0, 0.05) is 6.54 Å². The Morgan fingerprint density at radius 1 is 1.36 bits per heavy atom. The molecule has 1 aliphatic carbocycles. The monoisotopic (exact) mass is 199 g/mol. The normalized spacial score (nSPS) is 20.6. The van der Waals surface area contributed by atoms with Crippen molar-refractivity contribution in [2.24, 2.45) is 17.6 Å². The van der Waals surface area contributed by atoms with Gasteiger partial charge in [-0.1, -0.05) is 32.1 Å². The van der Waals surface area contributed by atoms with Crippen LogP contribution in [0.15, 0.2) is 0 Å². The lowest BCUT2D eigenvalue weighted by Crippen LogP contribution is -2.24. The molecule has 1 unspecified atom stereocenters. The summed E-state index contributed by atoms with van der Waals surface area (Å²) < 4.78 is 0. The van der Waals surface area contributed by atoms with E-state index in [1.54, 1.807) is 0 Å². The zero-order valence-electron chi connectivity index (χ0n) is 8.74. The lowest BCUT2D eigenvalue weighted by Gasteiger charge is -2.22. The van der Waals surface area contributed by atoms with Gasteiger partial charge < -0.3 is 10.8 Å². The third kappa shape index (κ3) is 3.66. The van der Waals surface area contributed by atoms with Crippen molar-refractivity contribution in [3.8, 4) is 0 Å². The Morgan fingerprint density at radius 3 is 2.50 bits per heavy atom. The lowest BCUT2D eigenvalue weighted by molar-refractivity contribution is -0.141. The van der Waals surface area contributed by atoms with Crippen molar-refractivity contribution < 1.29 is 9.90 Å². The molecule has 0 radical (unpaired) electrons. The van der Waals surface area contributed by atoms with Gasteiger partial charge in [0.1, 0.15) is 0 Å². The molecule has 82 valence electrons. The van der Waals surface area contributed by atoms with Crippen LogP contribution < -0.4 is 5.73 Å². The summed E-state index contributed by atoms with van der Waals surface area (Å²) in [6.45, 7) is 0.280. The molecule has 0 aromatic carbocycles. The van der Waals surface area contributed by atoms with Crippen LogP contribution in [0.25, 0.3) is 0 Å². The Bertz CT molecular complexity index is 176. The minimum atomic E-state index is -0.733. The molecule has 0 bridgehead atoms. The molecule has 1 rings (SSSR count). The number of carboxylic acids is 1. The van der Waals surface area contributed by atoms with E-state index in [1.165, 1.54) is 32.1 Å². The number of carboxylic acid groups (broad SMARTS) is 1. The summed E-state index contributed by atoms with van der Waals surface area (Å²) in [4.78, 5) is 10.7. The van der Waals surface area contributed by atoms with Crippen LogP contribution in [0.1, 0.15) is 44.9 Å². The van der Waals surface area contributed by atoms with E-state index >= 15 is 0 Å². The first-order chi connectivity index (χ1) is 6.74. The highest BCUT2D eigenvalue weighted by atomic mass is 16.4. The highest BCUT2D eigenvalue weighted by molar-refractivity contribution is 5.70. The van der Waals surface area contributed by atoms with Crippen molar-refractivity contribution in [1.82, 2.24) is 0 Å². The van der Waals surface area contributed by atoms with Crippen LogP contribution in [0, 0.1) is 11.8 Å². The molecule has 1 aliphatic rings. The summed E-state index contributed by atoms with van der Waals surface area (Å²) in [5.41, 5.74) is 5.41. The van der Waals surface area contributed by atoms with E-state index in [9.17, 15) is 4.79 Å². The summed E-state index contributed by atoms with van der Waals surface area (Å²) >= 11 is 0. The number of nitrogens with two attached hydrogens (primary N) is 1. The van der Waals surface area contributed by atoms with Crippen molar-refractivity contribution in [1.29, 1.82) is 0 Å². The first-order valence-corrected chi connectivity index (χ1v) is 5.67. The van der Waals surface area contributed by atoms with Crippen LogP contribution >= 0.6 is 0 Å². The molecule has 0 spiro atoms. The Balaban J connectivity index is 2.20. The summed E-state index contributed by atoms with van der Waals surface area (Å²) in [6.07, 6.45) is 8.39. The molecule has 14 heavy (non-hydrogen) atoms. The number of aliphatic carboxylic acids is 1. The molecule has 1 atom stereocenters. The van der Waals surface area contributed by atoms with Crippen molar-refractivity contribution in [2.75, 3.05) is 6.54 Å². The van der Waals surface area contributed by atoms with Gasteiger partial charge in [0.15, 0.2) is 0 Å². The number of rotatable bonds is 5. The molecule has 1 saturated carbocycles. The molecule has 3 heteroatoms. The SMILES string of the molecule is NCC(CCC1CCCCC1)C(=O)O. The van der Waals surface area contributed by atoms with E-state index < -0.39 is 5.97 Å². The maximum absolute atomic E-state index is 10.7. The summed E-state index contributed by atoms with van der Waals surface area (Å²) in [5.74, 6) is -0.294. The lowest BCUT2D eigenvalue weighted by atomic mass is 9.84. The van der Waals surface area contributed by atoms with Crippen LogP contribution in [0.4, 0.5) is 0 Å². The van der Waals surface area contributed by atoms with Gasteiger partial charge in [-0.3, -0.25) is 4.79 Å². The van der Waals surface area contributed by atoms with Crippen LogP contribution in [0.5, 0.6) is 0 Å². The predicted molar refractivity (Wildman–Crippen MR) is 56.0 cm³/mol. The minimum Gasteiger partial charge on any atom is -0.481 e. The van der Waals surface area contributed by atoms with Crippen LogP contribution in [-0.2, 0) is 4.79 Å². The molecule has 0 saturated heterocycles. The maximum Gasteiger partial charge on any atom is 0.307 e. The predicted octanol–water partition coefficient (Wildman–Crippen LogP) is 2.01.